The zero-order chi connectivity index (χ0) is 14.6. The van der Waals surface area contributed by atoms with Gasteiger partial charge in [0.15, 0.2) is 6.10 Å². The van der Waals surface area contributed by atoms with Crippen molar-refractivity contribution in [1.29, 1.82) is 0 Å². The number of hydrogen-bond acceptors (Lipinski definition) is 5. The number of benzene rings is 1. The number of amides is 3. The Balaban J connectivity index is 2.73. The zero-order valence-corrected chi connectivity index (χ0v) is 10.8. The lowest BCUT2D eigenvalue weighted by Gasteiger charge is -2.13. The molecule has 0 saturated carbocycles. The number of rotatable bonds is 4. The Bertz CT molecular complexity index is 582. The number of carbonyl (C=O) groups is 2. The summed E-state index contributed by atoms with van der Waals surface area (Å²) in [5, 5.41) is 6.78. The molecular weight excluding hydrogens is 274 g/mol. The molecule has 1 aromatic carbocycles. The minimum atomic E-state index is -3.78. The summed E-state index contributed by atoms with van der Waals surface area (Å²) in [6, 6.07) is 4.18. The van der Waals surface area contributed by atoms with Gasteiger partial charge in [-0.25, -0.2) is 18.4 Å². The maximum atomic E-state index is 11.3. The van der Waals surface area contributed by atoms with Crippen molar-refractivity contribution in [2.75, 3.05) is 0 Å². The minimum absolute atomic E-state index is 0.0749. The van der Waals surface area contributed by atoms with Gasteiger partial charge < -0.3 is 10.5 Å². The van der Waals surface area contributed by atoms with E-state index in [1.807, 2.05) is 5.32 Å². The summed E-state index contributed by atoms with van der Waals surface area (Å²) < 4.78 is 27.2. The van der Waals surface area contributed by atoms with E-state index < -0.39 is 28.1 Å². The topological polar surface area (TPSA) is 142 Å². The van der Waals surface area contributed by atoms with E-state index in [9.17, 15) is 18.0 Å². The monoisotopic (exact) mass is 287 g/mol. The quantitative estimate of drug-likeness (QED) is 0.671. The molecule has 1 rings (SSSR count). The average Bonchev–Trinajstić information content (AvgIpc) is 2.27. The van der Waals surface area contributed by atoms with Crippen molar-refractivity contribution in [2.24, 2.45) is 10.9 Å². The number of hydrogen-bond donors (Lipinski definition) is 3. The van der Waals surface area contributed by atoms with Crippen LogP contribution in [0.2, 0.25) is 0 Å². The molecule has 0 aliphatic rings. The summed E-state index contributed by atoms with van der Waals surface area (Å²) in [5.74, 6) is -0.456. The molecule has 0 aliphatic heterocycles. The molecule has 0 radical (unpaired) electrons. The highest BCUT2D eigenvalue weighted by Crippen LogP contribution is 2.16. The second kappa shape index (κ2) is 5.67. The van der Waals surface area contributed by atoms with Crippen molar-refractivity contribution in [2.45, 2.75) is 17.9 Å². The molecule has 0 aromatic heterocycles. The highest BCUT2D eigenvalue weighted by molar-refractivity contribution is 7.89. The lowest BCUT2D eigenvalue weighted by Crippen LogP contribution is -2.42. The van der Waals surface area contributed by atoms with E-state index >= 15 is 0 Å². The van der Waals surface area contributed by atoms with Crippen molar-refractivity contribution < 1.29 is 22.7 Å². The fourth-order valence-corrected chi connectivity index (χ4v) is 1.70. The third kappa shape index (κ3) is 4.56. The molecule has 1 atom stereocenters. The SMILES string of the molecule is CC(Oc1ccc(S(N)(=O)=O)cc1)C(=O)NC(N)=O. The Labute approximate surface area is 109 Å². The van der Waals surface area contributed by atoms with E-state index in [2.05, 4.69) is 0 Å². The number of primary sulfonamides is 1. The Morgan fingerprint density at radius 2 is 1.79 bits per heavy atom. The van der Waals surface area contributed by atoms with E-state index in [1.165, 1.54) is 31.2 Å². The Hall–Kier alpha value is -2.13. The first-order chi connectivity index (χ1) is 8.70. The summed E-state index contributed by atoms with van der Waals surface area (Å²) in [4.78, 5) is 21.7. The van der Waals surface area contributed by atoms with E-state index in [-0.39, 0.29) is 10.6 Å². The number of nitrogens with two attached hydrogens (primary N) is 2. The molecule has 9 heteroatoms. The van der Waals surface area contributed by atoms with Crippen molar-refractivity contribution in [3.05, 3.63) is 24.3 Å². The van der Waals surface area contributed by atoms with Crippen molar-refractivity contribution in [3.8, 4) is 5.75 Å². The lowest BCUT2D eigenvalue weighted by molar-refractivity contribution is -0.126. The lowest BCUT2D eigenvalue weighted by atomic mass is 10.3. The van der Waals surface area contributed by atoms with E-state index in [0.29, 0.717) is 0 Å². The molecule has 1 unspecified atom stereocenters. The molecule has 104 valence electrons. The molecule has 3 amide bonds. The van der Waals surface area contributed by atoms with Gasteiger partial charge in [0, 0.05) is 0 Å². The van der Waals surface area contributed by atoms with Crippen LogP contribution in [0, 0.1) is 0 Å². The third-order valence-electron chi connectivity index (χ3n) is 2.08. The van der Waals surface area contributed by atoms with Gasteiger partial charge in [-0.3, -0.25) is 10.1 Å². The maximum absolute atomic E-state index is 11.3. The molecule has 0 heterocycles. The predicted octanol–water partition coefficient (Wildman–Crippen LogP) is -0.704. The smallest absolute Gasteiger partial charge is 0.318 e. The summed E-state index contributed by atoms with van der Waals surface area (Å²) >= 11 is 0. The van der Waals surface area contributed by atoms with Gasteiger partial charge >= 0.3 is 6.03 Å². The molecule has 8 nitrogen and oxygen atoms in total. The van der Waals surface area contributed by atoms with Crippen LogP contribution in [0.3, 0.4) is 0 Å². The maximum Gasteiger partial charge on any atom is 0.318 e. The molecule has 0 bridgehead atoms. The van der Waals surface area contributed by atoms with Crippen LogP contribution >= 0.6 is 0 Å². The van der Waals surface area contributed by atoms with E-state index in [1.54, 1.807) is 0 Å². The Kier molecular flexibility index (Phi) is 4.46. The molecule has 0 aliphatic carbocycles. The van der Waals surface area contributed by atoms with Crippen LogP contribution in [0.1, 0.15) is 6.92 Å². The fraction of sp³-hybridized carbons (Fsp3) is 0.200. The first kappa shape index (κ1) is 14.9. The van der Waals surface area contributed by atoms with Gasteiger partial charge in [0.05, 0.1) is 4.90 Å². The standard InChI is InChI=1S/C10H13N3O5S/c1-6(9(14)13-10(11)15)18-7-2-4-8(5-3-7)19(12,16)17/h2-6H,1H3,(H2,12,16,17)(H3,11,13,14,15). The van der Waals surface area contributed by atoms with Crippen molar-refractivity contribution >= 4 is 22.0 Å². The van der Waals surface area contributed by atoms with Crippen LogP contribution in [0.4, 0.5) is 4.79 Å². The van der Waals surface area contributed by atoms with Crippen molar-refractivity contribution in [3.63, 3.8) is 0 Å². The predicted molar refractivity (Wildman–Crippen MR) is 65.6 cm³/mol. The van der Waals surface area contributed by atoms with Gasteiger partial charge in [-0.15, -0.1) is 0 Å². The second-order valence-corrected chi connectivity index (χ2v) is 5.19. The first-order valence-electron chi connectivity index (χ1n) is 5.10. The van der Waals surface area contributed by atoms with Gasteiger partial charge in [-0.05, 0) is 31.2 Å². The summed E-state index contributed by atoms with van der Waals surface area (Å²) in [6.45, 7) is 1.41. The van der Waals surface area contributed by atoms with Gasteiger partial charge in [-0.1, -0.05) is 0 Å². The first-order valence-corrected chi connectivity index (χ1v) is 6.64. The molecule has 5 N–H and O–H groups in total. The number of nitrogens with one attached hydrogen (secondary N) is 1. The van der Waals surface area contributed by atoms with Gasteiger partial charge in [0.25, 0.3) is 5.91 Å². The van der Waals surface area contributed by atoms with Crippen LogP contribution in [0.25, 0.3) is 0 Å². The van der Waals surface area contributed by atoms with Crippen LogP contribution in [0.5, 0.6) is 5.75 Å². The Morgan fingerprint density at radius 1 is 1.26 bits per heavy atom. The number of ether oxygens (including phenoxy) is 1. The minimum Gasteiger partial charge on any atom is -0.481 e. The zero-order valence-electron chi connectivity index (χ0n) is 9.99. The third-order valence-corrected chi connectivity index (χ3v) is 3.01. The highest BCUT2D eigenvalue weighted by atomic mass is 32.2. The molecule has 1 aromatic rings. The number of carbonyl (C=O) groups excluding carboxylic acids is 2. The van der Waals surface area contributed by atoms with Crippen molar-refractivity contribution in [1.82, 2.24) is 5.32 Å². The number of primary amides is 1. The molecule has 0 spiro atoms. The van der Waals surface area contributed by atoms with Crippen LogP contribution < -0.4 is 20.9 Å². The number of imide groups is 1. The number of sulfonamides is 1. The van der Waals surface area contributed by atoms with E-state index in [4.69, 9.17) is 15.6 Å². The second-order valence-electron chi connectivity index (χ2n) is 3.63. The highest BCUT2D eigenvalue weighted by Gasteiger charge is 2.16. The summed E-state index contributed by atoms with van der Waals surface area (Å²) in [7, 11) is -3.78. The average molecular weight is 287 g/mol. The van der Waals surface area contributed by atoms with Gasteiger partial charge in [0.2, 0.25) is 10.0 Å². The van der Waals surface area contributed by atoms with Crippen LogP contribution in [-0.4, -0.2) is 26.5 Å². The molecule has 0 saturated heterocycles. The molecule has 0 fully saturated rings. The number of urea groups is 1. The van der Waals surface area contributed by atoms with Gasteiger partial charge in [-0.2, -0.15) is 0 Å². The van der Waals surface area contributed by atoms with Crippen LogP contribution in [0.15, 0.2) is 29.2 Å². The normalized spacial score (nSPS) is 12.5. The van der Waals surface area contributed by atoms with Crippen LogP contribution in [-0.2, 0) is 14.8 Å². The molecular formula is C10H13N3O5S. The summed E-state index contributed by atoms with van der Waals surface area (Å²) in [6.07, 6.45) is -0.965. The van der Waals surface area contributed by atoms with E-state index in [0.717, 1.165) is 0 Å². The van der Waals surface area contributed by atoms with Gasteiger partial charge in [0.1, 0.15) is 5.75 Å². The largest absolute Gasteiger partial charge is 0.481 e. The fourth-order valence-electron chi connectivity index (χ4n) is 1.19. The molecule has 19 heavy (non-hydrogen) atoms. The summed E-state index contributed by atoms with van der Waals surface area (Å²) in [5.41, 5.74) is 4.79. The Morgan fingerprint density at radius 3 is 2.21 bits per heavy atom.